The number of carbonyl (C=O) groups excluding carboxylic acids is 7. The van der Waals surface area contributed by atoms with Crippen LogP contribution in [0.25, 0.3) is 0 Å². The molecule has 0 aliphatic rings. The van der Waals surface area contributed by atoms with Gasteiger partial charge in [-0.3, -0.25) is 38.4 Å². The Balaban J connectivity index is 2.22. The molecular formula is C37H57N10O12+. The molecule has 1 heterocycles. The highest BCUT2D eigenvalue weighted by molar-refractivity contribution is 5.97. The van der Waals surface area contributed by atoms with Crippen LogP contribution in [-0.4, -0.2) is 140 Å². The first-order valence-corrected chi connectivity index (χ1v) is 19.0. The van der Waals surface area contributed by atoms with Crippen LogP contribution in [0.2, 0.25) is 0 Å². The van der Waals surface area contributed by atoms with Crippen LogP contribution >= 0.6 is 0 Å². The SMILES string of the molecule is CC[C@H](C)[C@H](NC(=O)[C@H](CO)NC(=O)[C@H](CC(C)C)NC(=O)[C@H](Cc1cnc[nH]1)NC(=O)CNC(=O)[C@H](Cc1ccc(O)cc1)NC(=O)[C@@H]([NH3+])CO)C(=O)NCC(=O)O. The summed E-state index contributed by atoms with van der Waals surface area (Å²) < 4.78 is 0. The van der Waals surface area contributed by atoms with Crippen LogP contribution in [0.1, 0.15) is 51.8 Å². The summed E-state index contributed by atoms with van der Waals surface area (Å²) in [6.45, 7) is 4.08. The Kier molecular flexibility index (Phi) is 20.4. The van der Waals surface area contributed by atoms with Crippen molar-refractivity contribution in [2.24, 2.45) is 11.8 Å². The zero-order valence-electron chi connectivity index (χ0n) is 33.4. The van der Waals surface area contributed by atoms with Crippen LogP contribution in [0.3, 0.4) is 0 Å². The number of nitrogens with zero attached hydrogens (tertiary/aromatic N) is 1. The van der Waals surface area contributed by atoms with Crippen molar-refractivity contribution in [3.8, 4) is 5.75 Å². The lowest BCUT2D eigenvalue weighted by Gasteiger charge is -2.28. The van der Waals surface area contributed by atoms with Gasteiger partial charge >= 0.3 is 5.97 Å². The van der Waals surface area contributed by atoms with Gasteiger partial charge in [-0.2, -0.15) is 0 Å². The minimum Gasteiger partial charge on any atom is -0.508 e. The molecule has 15 N–H and O–H groups in total. The molecule has 59 heavy (non-hydrogen) atoms. The highest BCUT2D eigenvalue weighted by Crippen LogP contribution is 2.13. The van der Waals surface area contributed by atoms with Crippen molar-refractivity contribution in [2.75, 3.05) is 26.3 Å². The third-order valence-corrected chi connectivity index (χ3v) is 9.02. The first-order valence-electron chi connectivity index (χ1n) is 19.0. The Morgan fingerprint density at radius 2 is 1.29 bits per heavy atom. The number of H-pyrrole nitrogens is 1. The summed E-state index contributed by atoms with van der Waals surface area (Å²) in [5.41, 5.74) is 4.50. The van der Waals surface area contributed by atoms with E-state index >= 15 is 0 Å². The van der Waals surface area contributed by atoms with E-state index in [-0.39, 0.29) is 30.9 Å². The van der Waals surface area contributed by atoms with E-state index in [1.54, 1.807) is 27.7 Å². The van der Waals surface area contributed by atoms with Gasteiger partial charge in [0.25, 0.3) is 5.91 Å². The average molecular weight is 834 g/mol. The van der Waals surface area contributed by atoms with Gasteiger partial charge in [-0.1, -0.05) is 46.2 Å². The number of amides is 7. The van der Waals surface area contributed by atoms with Crippen molar-refractivity contribution in [3.63, 3.8) is 0 Å². The van der Waals surface area contributed by atoms with Gasteiger partial charge in [-0.05, 0) is 36.0 Å². The Hall–Kier alpha value is -6.13. The number of aromatic amines is 1. The standard InChI is InChI=1S/C37H56N10O12/c1-5-20(4)31(37(59)41-15-30(52)53)47-36(58)28(17-49)46-34(56)25(10-19(2)3)45-35(57)27(12-22-13-39-18-42-22)43-29(51)14-40-33(55)26(44-32(54)24(38)16-48)11-21-6-8-23(50)9-7-21/h6-9,13,18-20,24-28,31,48-50H,5,10-12,14-17,38H2,1-4H3,(H,39,42)(H,40,55)(H,41,59)(H,43,51)(H,44,54)(H,45,57)(H,46,56)(H,47,58)(H,52,53)/p+1/t20-,24-,25-,26-,27-,28-,31-/m0/s1. The molecule has 0 radical (unpaired) electrons. The monoisotopic (exact) mass is 833 g/mol. The fourth-order valence-corrected chi connectivity index (χ4v) is 5.48. The van der Waals surface area contributed by atoms with Gasteiger partial charge in [0.05, 0.1) is 19.5 Å². The number of carboxylic acid groups (broad SMARTS) is 1. The third-order valence-electron chi connectivity index (χ3n) is 9.02. The van der Waals surface area contributed by atoms with Gasteiger partial charge in [0.2, 0.25) is 35.4 Å². The lowest BCUT2D eigenvalue weighted by molar-refractivity contribution is -0.409. The number of rotatable bonds is 25. The van der Waals surface area contributed by atoms with Crippen LogP contribution in [0, 0.1) is 11.8 Å². The molecule has 0 bridgehead atoms. The zero-order chi connectivity index (χ0) is 44.2. The second-order valence-corrected chi connectivity index (χ2v) is 14.3. The molecule has 7 atom stereocenters. The molecule has 7 amide bonds. The Morgan fingerprint density at radius 3 is 1.85 bits per heavy atom. The zero-order valence-corrected chi connectivity index (χ0v) is 33.4. The van der Waals surface area contributed by atoms with Crippen molar-refractivity contribution < 1.29 is 64.5 Å². The molecule has 0 aliphatic heterocycles. The average Bonchev–Trinajstić information content (AvgIpc) is 3.72. The van der Waals surface area contributed by atoms with Crippen LogP contribution in [0.4, 0.5) is 0 Å². The summed E-state index contributed by atoms with van der Waals surface area (Å²) in [7, 11) is 0. The lowest BCUT2D eigenvalue weighted by Crippen LogP contribution is -2.70. The maximum atomic E-state index is 13.8. The van der Waals surface area contributed by atoms with Crippen molar-refractivity contribution in [1.82, 2.24) is 47.2 Å². The number of aliphatic hydroxyl groups excluding tert-OH is 2. The number of hydrogen-bond acceptors (Lipinski definition) is 12. The molecule has 2 rings (SSSR count). The molecular weight excluding hydrogens is 776 g/mol. The Morgan fingerprint density at radius 1 is 0.712 bits per heavy atom. The molecule has 0 spiro atoms. The number of hydrogen-bond donors (Lipinski definition) is 13. The van der Waals surface area contributed by atoms with Gasteiger partial charge in [0.15, 0.2) is 6.04 Å². The molecule has 0 unspecified atom stereocenters. The number of phenolic OH excluding ortho intramolecular Hbond substituents is 1. The first-order chi connectivity index (χ1) is 27.9. The maximum absolute atomic E-state index is 13.8. The quantitative estimate of drug-likeness (QED) is 0.0448. The second-order valence-electron chi connectivity index (χ2n) is 14.3. The number of benzene rings is 1. The van der Waals surface area contributed by atoms with Gasteiger partial charge < -0.3 is 68.4 Å². The topological polar surface area (TPSA) is 358 Å². The van der Waals surface area contributed by atoms with Gasteiger partial charge in [-0.25, -0.2) is 4.98 Å². The van der Waals surface area contributed by atoms with E-state index in [9.17, 15) is 53.7 Å². The lowest BCUT2D eigenvalue weighted by atomic mass is 9.97. The van der Waals surface area contributed by atoms with E-state index in [4.69, 9.17) is 5.11 Å². The molecule has 1 aromatic heterocycles. The number of aromatic nitrogens is 2. The number of aliphatic carboxylic acids is 1. The first kappa shape index (κ1) is 49.0. The Labute approximate surface area is 340 Å². The van der Waals surface area contributed by atoms with Crippen molar-refractivity contribution in [1.29, 1.82) is 0 Å². The molecule has 0 saturated carbocycles. The molecule has 2 aromatic rings. The second kappa shape index (κ2) is 24.6. The van der Waals surface area contributed by atoms with E-state index in [1.807, 2.05) is 0 Å². The van der Waals surface area contributed by atoms with Crippen LogP contribution < -0.4 is 43.0 Å². The molecule has 22 nitrogen and oxygen atoms in total. The number of quaternary nitrogens is 1. The molecule has 0 saturated heterocycles. The normalized spacial score (nSPS) is 14.6. The van der Waals surface area contributed by atoms with Crippen molar-refractivity contribution >= 4 is 47.3 Å². The van der Waals surface area contributed by atoms with E-state index in [2.05, 4.69) is 52.9 Å². The number of phenols is 1. The number of nitrogens with one attached hydrogen (secondary N) is 8. The molecule has 22 heteroatoms. The van der Waals surface area contributed by atoms with Gasteiger partial charge in [0, 0.05) is 24.7 Å². The summed E-state index contributed by atoms with van der Waals surface area (Å²) >= 11 is 0. The number of aromatic hydroxyl groups is 1. The van der Waals surface area contributed by atoms with E-state index in [0.29, 0.717) is 17.7 Å². The third kappa shape index (κ3) is 17.1. The number of carboxylic acids is 1. The van der Waals surface area contributed by atoms with E-state index in [1.165, 1.54) is 36.8 Å². The smallest absolute Gasteiger partial charge is 0.322 e. The van der Waals surface area contributed by atoms with Crippen molar-refractivity contribution in [2.45, 2.75) is 89.6 Å². The highest BCUT2D eigenvalue weighted by atomic mass is 16.4. The number of imidazole rings is 1. The predicted molar refractivity (Wildman–Crippen MR) is 207 cm³/mol. The van der Waals surface area contributed by atoms with Gasteiger partial charge in [0.1, 0.15) is 49.1 Å². The summed E-state index contributed by atoms with van der Waals surface area (Å²) in [6, 6.07) is -1.90. The fraction of sp³-hybridized carbons (Fsp3) is 0.541. The summed E-state index contributed by atoms with van der Waals surface area (Å²) in [6.07, 6.45) is 3.01. The minimum absolute atomic E-state index is 0.0228. The van der Waals surface area contributed by atoms with Crippen LogP contribution in [-0.2, 0) is 51.2 Å². The maximum Gasteiger partial charge on any atom is 0.322 e. The largest absolute Gasteiger partial charge is 0.508 e. The predicted octanol–water partition coefficient (Wildman–Crippen LogP) is -4.67. The summed E-state index contributed by atoms with van der Waals surface area (Å²) in [4.78, 5) is 110. The van der Waals surface area contributed by atoms with Crippen LogP contribution in [0.5, 0.6) is 5.75 Å². The number of aliphatic hydroxyl groups is 2. The minimum atomic E-state index is -1.58. The summed E-state index contributed by atoms with van der Waals surface area (Å²) in [5.74, 6) is -7.74. The molecule has 0 aliphatic carbocycles. The summed E-state index contributed by atoms with van der Waals surface area (Å²) in [5, 5.41) is 55.0. The highest BCUT2D eigenvalue weighted by Gasteiger charge is 2.33. The molecule has 326 valence electrons. The van der Waals surface area contributed by atoms with Crippen molar-refractivity contribution in [3.05, 3.63) is 48.0 Å². The van der Waals surface area contributed by atoms with Crippen LogP contribution in [0.15, 0.2) is 36.8 Å². The van der Waals surface area contributed by atoms with Gasteiger partial charge in [-0.15, -0.1) is 0 Å². The van der Waals surface area contributed by atoms with E-state index < -0.39 is 116 Å². The Bertz CT molecular complexity index is 1720. The fourth-order valence-electron chi connectivity index (χ4n) is 5.48. The molecule has 1 aromatic carbocycles. The molecule has 0 fully saturated rings. The van der Waals surface area contributed by atoms with E-state index in [0.717, 1.165) is 0 Å². The number of carbonyl (C=O) groups is 8.